The van der Waals surface area contributed by atoms with Crippen LogP contribution >= 0.6 is 0 Å². The van der Waals surface area contributed by atoms with Gasteiger partial charge >= 0.3 is 10.1 Å². The lowest BCUT2D eigenvalue weighted by atomic mass is 10.5. The number of imidazole rings is 1. The zero-order valence-corrected chi connectivity index (χ0v) is 7.57. The predicted octanol–water partition coefficient (Wildman–Crippen LogP) is 0.720. The largest absolute Gasteiger partial charge is 0.315 e. The third-order valence-electron chi connectivity index (χ3n) is 1.69. The molecule has 0 fully saturated rings. The number of aromatic nitrogens is 2. The van der Waals surface area contributed by atoms with E-state index in [4.69, 9.17) is 4.55 Å². The zero-order valence-electron chi connectivity index (χ0n) is 6.75. The van der Waals surface area contributed by atoms with Crippen molar-refractivity contribution in [2.75, 3.05) is 0 Å². The molecule has 0 spiro atoms. The van der Waals surface area contributed by atoms with Crippen LogP contribution in [0.2, 0.25) is 0 Å². The lowest BCUT2D eigenvalue weighted by molar-refractivity contribution is 0.463. The molecule has 2 aromatic rings. The van der Waals surface area contributed by atoms with Crippen LogP contribution in [0.15, 0.2) is 29.4 Å². The molecule has 0 saturated carbocycles. The van der Waals surface area contributed by atoms with Crippen LogP contribution in [0.3, 0.4) is 0 Å². The Morgan fingerprint density at radius 3 is 2.79 bits per heavy atom. The molecule has 0 aromatic carbocycles. The highest BCUT2D eigenvalue weighted by molar-refractivity contribution is 7.85. The van der Waals surface area contributed by atoms with Gasteiger partial charge in [-0.3, -0.25) is 8.95 Å². The number of pyridine rings is 1. The fourth-order valence-corrected chi connectivity index (χ4v) is 1.84. The van der Waals surface area contributed by atoms with Crippen LogP contribution in [0.5, 0.6) is 0 Å². The summed E-state index contributed by atoms with van der Waals surface area (Å²) >= 11 is 0. The fraction of sp³-hybridized carbons (Fsp3) is 0. The Kier molecular flexibility index (Phi) is 1.79. The quantitative estimate of drug-likeness (QED) is 0.713. The molecule has 0 saturated heterocycles. The molecule has 5 nitrogen and oxygen atoms in total. The van der Waals surface area contributed by atoms with Crippen LogP contribution in [0.25, 0.3) is 5.65 Å². The van der Waals surface area contributed by atoms with Gasteiger partial charge in [-0.1, -0.05) is 6.07 Å². The maximum absolute atomic E-state index is 13.0. The van der Waals surface area contributed by atoms with Crippen LogP contribution in [0.4, 0.5) is 4.39 Å². The van der Waals surface area contributed by atoms with Crippen LogP contribution in [0, 0.1) is 5.95 Å². The average molecular weight is 216 g/mol. The third kappa shape index (κ3) is 1.26. The van der Waals surface area contributed by atoms with Crippen LogP contribution < -0.4 is 0 Å². The van der Waals surface area contributed by atoms with Gasteiger partial charge in [0.05, 0.1) is 0 Å². The van der Waals surface area contributed by atoms with Gasteiger partial charge in [0.2, 0.25) is 5.03 Å². The fourth-order valence-electron chi connectivity index (χ4n) is 1.18. The Morgan fingerprint density at radius 2 is 2.14 bits per heavy atom. The normalized spacial score (nSPS) is 12.1. The number of halogens is 1. The third-order valence-corrected chi connectivity index (χ3v) is 2.54. The van der Waals surface area contributed by atoms with Crippen molar-refractivity contribution in [2.45, 2.75) is 5.03 Å². The summed E-state index contributed by atoms with van der Waals surface area (Å²) in [6.07, 6.45) is 1.30. The van der Waals surface area contributed by atoms with E-state index in [0.29, 0.717) is 0 Å². The first-order chi connectivity index (χ1) is 6.50. The molecular weight excluding hydrogens is 211 g/mol. The Hall–Kier alpha value is -1.47. The van der Waals surface area contributed by atoms with Crippen molar-refractivity contribution in [3.63, 3.8) is 0 Å². The molecule has 74 valence electrons. The Bertz CT molecular complexity index is 590. The van der Waals surface area contributed by atoms with Crippen molar-refractivity contribution in [2.24, 2.45) is 0 Å². The smallest absolute Gasteiger partial charge is 0.286 e. The molecule has 0 aliphatic heterocycles. The summed E-state index contributed by atoms with van der Waals surface area (Å²) in [5.41, 5.74) is 0.123. The average Bonchev–Trinajstić information content (AvgIpc) is 2.38. The Morgan fingerprint density at radius 1 is 1.43 bits per heavy atom. The van der Waals surface area contributed by atoms with Crippen molar-refractivity contribution in [1.29, 1.82) is 0 Å². The lowest BCUT2D eigenvalue weighted by Crippen LogP contribution is -2.04. The summed E-state index contributed by atoms with van der Waals surface area (Å²) in [6.45, 7) is 0. The van der Waals surface area contributed by atoms with E-state index >= 15 is 0 Å². The molecule has 0 aliphatic carbocycles. The van der Waals surface area contributed by atoms with Gasteiger partial charge in [0.1, 0.15) is 5.65 Å². The predicted molar refractivity (Wildman–Crippen MR) is 45.0 cm³/mol. The van der Waals surface area contributed by atoms with Gasteiger partial charge in [-0.05, 0) is 12.1 Å². The molecule has 0 bridgehead atoms. The van der Waals surface area contributed by atoms with Gasteiger partial charge in [0.15, 0.2) is 0 Å². The first-order valence-corrected chi connectivity index (χ1v) is 5.04. The number of rotatable bonds is 1. The number of hydrogen-bond donors (Lipinski definition) is 1. The molecule has 0 unspecified atom stereocenters. The maximum Gasteiger partial charge on any atom is 0.315 e. The van der Waals surface area contributed by atoms with E-state index in [1.165, 1.54) is 18.3 Å². The molecule has 0 atom stereocenters. The highest BCUT2D eigenvalue weighted by Gasteiger charge is 2.22. The van der Waals surface area contributed by atoms with Gasteiger partial charge in [0.25, 0.3) is 5.95 Å². The molecule has 0 aliphatic rings. The van der Waals surface area contributed by atoms with Crippen molar-refractivity contribution < 1.29 is 17.4 Å². The molecular formula is C7H5FN2O3S. The summed E-state index contributed by atoms with van der Waals surface area (Å²) < 4.78 is 44.3. The van der Waals surface area contributed by atoms with E-state index in [2.05, 4.69) is 4.98 Å². The van der Waals surface area contributed by atoms with Crippen molar-refractivity contribution in [3.8, 4) is 0 Å². The first kappa shape index (κ1) is 9.10. The molecule has 2 rings (SSSR count). The van der Waals surface area contributed by atoms with Crippen LogP contribution in [-0.2, 0) is 10.1 Å². The number of fused-ring (bicyclic) bond motifs is 1. The van der Waals surface area contributed by atoms with E-state index in [0.717, 1.165) is 4.40 Å². The topological polar surface area (TPSA) is 71.7 Å². The summed E-state index contributed by atoms with van der Waals surface area (Å²) in [4.78, 5) is 3.34. The molecule has 0 radical (unpaired) electrons. The first-order valence-electron chi connectivity index (χ1n) is 3.60. The second-order valence-corrected chi connectivity index (χ2v) is 3.95. The number of nitrogens with zero attached hydrogens (tertiary/aromatic N) is 2. The summed E-state index contributed by atoms with van der Waals surface area (Å²) in [5.74, 6) is -1.21. The van der Waals surface area contributed by atoms with Gasteiger partial charge in [-0.2, -0.15) is 17.8 Å². The Balaban J connectivity index is 2.95. The van der Waals surface area contributed by atoms with E-state index in [9.17, 15) is 12.8 Å². The summed E-state index contributed by atoms with van der Waals surface area (Å²) in [5, 5.41) is -0.840. The minimum Gasteiger partial charge on any atom is -0.286 e. The van der Waals surface area contributed by atoms with Gasteiger partial charge in [-0.25, -0.2) is 0 Å². The molecule has 7 heteroatoms. The van der Waals surface area contributed by atoms with Gasteiger partial charge in [-0.15, -0.1) is 0 Å². The van der Waals surface area contributed by atoms with Gasteiger partial charge < -0.3 is 0 Å². The molecule has 1 N–H and O–H groups in total. The minimum atomic E-state index is -4.59. The number of hydrogen-bond acceptors (Lipinski definition) is 3. The second kappa shape index (κ2) is 2.76. The maximum atomic E-state index is 13.0. The van der Waals surface area contributed by atoms with Crippen molar-refractivity contribution in [1.82, 2.24) is 9.38 Å². The van der Waals surface area contributed by atoms with E-state index in [-0.39, 0.29) is 5.65 Å². The van der Waals surface area contributed by atoms with E-state index in [1.807, 2.05) is 0 Å². The lowest BCUT2D eigenvalue weighted by Gasteiger charge is -1.95. The molecule has 14 heavy (non-hydrogen) atoms. The molecule has 0 amide bonds. The molecule has 2 aromatic heterocycles. The highest BCUT2D eigenvalue weighted by atomic mass is 32.2. The SMILES string of the molecule is O=S(=O)(O)c1c(F)nc2ccccn12. The zero-order chi connectivity index (χ0) is 10.3. The summed E-state index contributed by atoms with van der Waals surface area (Å²) in [6, 6.07) is 4.51. The van der Waals surface area contributed by atoms with Crippen LogP contribution in [0.1, 0.15) is 0 Å². The molecule has 2 heterocycles. The highest BCUT2D eigenvalue weighted by Crippen LogP contribution is 2.15. The van der Waals surface area contributed by atoms with E-state index < -0.39 is 21.1 Å². The monoisotopic (exact) mass is 216 g/mol. The van der Waals surface area contributed by atoms with Gasteiger partial charge in [0, 0.05) is 6.20 Å². The van der Waals surface area contributed by atoms with Crippen LogP contribution in [-0.4, -0.2) is 22.4 Å². The second-order valence-electron chi connectivity index (χ2n) is 2.61. The van der Waals surface area contributed by atoms with Crippen molar-refractivity contribution >= 4 is 15.8 Å². The minimum absolute atomic E-state index is 0.123. The summed E-state index contributed by atoms with van der Waals surface area (Å²) in [7, 11) is -4.59. The standard InChI is InChI=1S/C7H5FN2O3S/c8-6-7(14(11,12)13)10-4-2-1-3-5(10)9-6/h1-4H,(H,11,12,13). The Labute approximate surface area is 78.6 Å². The van der Waals surface area contributed by atoms with E-state index in [1.54, 1.807) is 6.07 Å². The van der Waals surface area contributed by atoms with Crippen molar-refractivity contribution in [3.05, 3.63) is 30.3 Å².